The fourth-order valence-corrected chi connectivity index (χ4v) is 4.12. The number of aryl methyl sites for hydroxylation is 3. The summed E-state index contributed by atoms with van der Waals surface area (Å²) >= 11 is 1.30. The number of amides is 1. The number of fused-ring (bicyclic) bond motifs is 1. The quantitative estimate of drug-likeness (QED) is 0.456. The maximum Gasteiger partial charge on any atom is 0.261 e. The highest BCUT2D eigenvalue weighted by molar-refractivity contribution is 7.99. The van der Waals surface area contributed by atoms with Crippen LogP contribution in [0.4, 0.5) is 5.69 Å². The average Bonchev–Trinajstić information content (AvgIpc) is 3.11. The Kier molecular flexibility index (Phi) is 6.09. The van der Waals surface area contributed by atoms with E-state index >= 15 is 0 Å². The average molecular weight is 449 g/mol. The summed E-state index contributed by atoms with van der Waals surface area (Å²) in [5, 5.41) is 11.9. The van der Waals surface area contributed by atoms with E-state index in [4.69, 9.17) is 0 Å². The van der Waals surface area contributed by atoms with Crippen molar-refractivity contribution in [2.75, 3.05) is 11.1 Å². The van der Waals surface area contributed by atoms with Gasteiger partial charge in [0.25, 0.3) is 5.56 Å². The molecular weight excluding hydrogens is 424 g/mol. The van der Waals surface area contributed by atoms with E-state index in [9.17, 15) is 9.59 Å². The highest BCUT2D eigenvalue weighted by Gasteiger charge is 2.17. The molecule has 0 radical (unpaired) electrons. The van der Waals surface area contributed by atoms with E-state index in [1.54, 1.807) is 10.6 Å². The summed E-state index contributed by atoms with van der Waals surface area (Å²) in [5.74, 6) is 0.728. The van der Waals surface area contributed by atoms with Gasteiger partial charge >= 0.3 is 0 Å². The largest absolute Gasteiger partial charge is 0.325 e. The molecule has 0 aliphatic carbocycles. The second-order valence-electron chi connectivity index (χ2n) is 7.70. The number of benzene rings is 1. The minimum absolute atomic E-state index is 0.106. The maximum absolute atomic E-state index is 13.0. The van der Waals surface area contributed by atoms with Gasteiger partial charge in [-0.15, -0.1) is 10.2 Å². The first-order valence-corrected chi connectivity index (χ1v) is 11.2. The third-order valence-electron chi connectivity index (χ3n) is 5.28. The lowest BCUT2D eigenvalue weighted by Gasteiger charge is -2.09. The third kappa shape index (κ3) is 4.43. The number of carbonyl (C=O) groups excluding carboxylic acids is 1. The number of aromatic nitrogens is 5. The van der Waals surface area contributed by atoms with Gasteiger partial charge in [-0.2, -0.15) is 0 Å². The lowest BCUT2D eigenvalue weighted by Crippen LogP contribution is -2.23. The summed E-state index contributed by atoms with van der Waals surface area (Å²) in [5.41, 5.74) is 4.65. The molecule has 0 atom stereocenters. The molecule has 0 unspecified atom stereocenters. The number of hydrogen-bond donors (Lipinski definition) is 1. The number of pyridine rings is 1. The van der Waals surface area contributed by atoms with Crippen LogP contribution < -0.4 is 10.9 Å². The summed E-state index contributed by atoms with van der Waals surface area (Å²) in [4.78, 5) is 29.9. The predicted octanol–water partition coefficient (Wildman–Crippen LogP) is 3.07. The molecular formula is C23H24N6O2S. The van der Waals surface area contributed by atoms with Gasteiger partial charge in [-0.1, -0.05) is 35.5 Å². The number of thioether (sulfide) groups is 1. The first kappa shape index (κ1) is 21.8. The predicted molar refractivity (Wildman–Crippen MR) is 125 cm³/mol. The van der Waals surface area contributed by atoms with Gasteiger partial charge in [-0.05, 0) is 44.5 Å². The Balaban J connectivity index is 1.48. The molecule has 3 heterocycles. The van der Waals surface area contributed by atoms with Crippen molar-refractivity contribution in [3.8, 4) is 0 Å². The summed E-state index contributed by atoms with van der Waals surface area (Å²) in [6.07, 6.45) is 2.04. The SMILES string of the molecule is Cc1ccc(NC(=O)CSc2nnc(Cc3c(C)nc4c(C)cccn4c3=O)n2C)cc1. The summed E-state index contributed by atoms with van der Waals surface area (Å²) in [6, 6.07) is 11.4. The molecule has 0 saturated carbocycles. The maximum atomic E-state index is 13.0. The Labute approximate surface area is 189 Å². The smallest absolute Gasteiger partial charge is 0.261 e. The van der Waals surface area contributed by atoms with Crippen LogP contribution in [0.2, 0.25) is 0 Å². The number of anilines is 1. The van der Waals surface area contributed by atoms with Crippen LogP contribution in [0.25, 0.3) is 5.65 Å². The van der Waals surface area contributed by atoms with Crippen LogP contribution in [0.15, 0.2) is 52.5 Å². The zero-order valence-electron chi connectivity index (χ0n) is 18.4. The normalized spacial score (nSPS) is 11.1. The van der Waals surface area contributed by atoms with Crippen molar-refractivity contribution in [1.29, 1.82) is 0 Å². The van der Waals surface area contributed by atoms with E-state index < -0.39 is 0 Å². The fraction of sp³-hybridized carbons (Fsp3) is 0.261. The second kappa shape index (κ2) is 8.96. The second-order valence-corrected chi connectivity index (χ2v) is 8.65. The monoisotopic (exact) mass is 448 g/mol. The van der Waals surface area contributed by atoms with E-state index in [0.29, 0.717) is 34.3 Å². The van der Waals surface area contributed by atoms with Crippen molar-refractivity contribution in [2.24, 2.45) is 7.05 Å². The minimum Gasteiger partial charge on any atom is -0.325 e. The van der Waals surface area contributed by atoms with Crippen LogP contribution in [0.3, 0.4) is 0 Å². The first-order chi connectivity index (χ1) is 15.3. The van der Waals surface area contributed by atoms with Crippen molar-refractivity contribution < 1.29 is 4.79 Å². The van der Waals surface area contributed by atoms with Gasteiger partial charge in [-0.3, -0.25) is 14.0 Å². The van der Waals surface area contributed by atoms with E-state index in [1.807, 2.05) is 68.8 Å². The number of hydrogen-bond acceptors (Lipinski definition) is 6. The lowest BCUT2D eigenvalue weighted by atomic mass is 10.1. The molecule has 0 aliphatic rings. The lowest BCUT2D eigenvalue weighted by molar-refractivity contribution is -0.113. The van der Waals surface area contributed by atoms with Crippen LogP contribution in [-0.4, -0.2) is 35.8 Å². The van der Waals surface area contributed by atoms with E-state index in [2.05, 4.69) is 20.5 Å². The number of carbonyl (C=O) groups is 1. The number of rotatable bonds is 6. The summed E-state index contributed by atoms with van der Waals surface area (Å²) in [6.45, 7) is 5.77. The fourth-order valence-electron chi connectivity index (χ4n) is 3.39. The molecule has 0 bridgehead atoms. The van der Waals surface area contributed by atoms with Crippen molar-refractivity contribution >= 4 is 29.0 Å². The zero-order chi connectivity index (χ0) is 22.8. The molecule has 1 aromatic carbocycles. The minimum atomic E-state index is -0.119. The zero-order valence-corrected chi connectivity index (χ0v) is 19.2. The van der Waals surface area contributed by atoms with Crippen molar-refractivity contribution in [2.45, 2.75) is 32.3 Å². The molecule has 4 rings (SSSR count). The van der Waals surface area contributed by atoms with E-state index in [-0.39, 0.29) is 17.2 Å². The van der Waals surface area contributed by atoms with Crippen molar-refractivity contribution in [3.05, 3.63) is 81.2 Å². The van der Waals surface area contributed by atoms with E-state index in [0.717, 1.165) is 16.8 Å². The van der Waals surface area contributed by atoms with Crippen molar-refractivity contribution in [3.63, 3.8) is 0 Å². The molecule has 0 spiro atoms. The standard InChI is InChI=1S/C23H24N6O2S/c1-14-7-9-17(10-8-14)25-20(30)13-32-23-27-26-19(28(23)4)12-18-16(3)24-21-15(2)6-5-11-29(21)22(18)31/h5-11H,12-13H2,1-4H3,(H,25,30). The Morgan fingerprint density at radius 3 is 2.59 bits per heavy atom. The molecule has 164 valence electrons. The Morgan fingerprint density at radius 2 is 1.84 bits per heavy atom. The highest BCUT2D eigenvalue weighted by Crippen LogP contribution is 2.18. The molecule has 9 heteroatoms. The van der Waals surface area contributed by atoms with Gasteiger partial charge in [0.15, 0.2) is 5.16 Å². The molecule has 0 fully saturated rings. The van der Waals surface area contributed by atoms with Crippen LogP contribution in [0, 0.1) is 20.8 Å². The molecule has 32 heavy (non-hydrogen) atoms. The molecule has 4 aromatic rings. The Bertz CT molecular complexity index is 1360. The molecule has 8 nitrogen and oxygen atoms in total. The van der Waals surface area contributed by atoms with Gasteiger partial charge in [-0.25, -0.2) is 4.98 Å². The van der Waals surface area contributed by atoms with Crippen LogP contribution in [0.1, 0.15) is 28.2 Å². The molecule has 0 saturated heterocycles. The van der Waals surface area contributed by atoms with Gasteiger partial charge in [0.2, 0.25) is 5.91 Å². The first-order valence-electron chi connectivity index (χ1n) is 10.2. The van der Waals surface area contributed by atoms with Gasteiger partial charge in [0.1, 0.15) is 11.5 Å². The van der Waals surface area contributed by atoms with Gasteiger partial charge < -0.3 is 9.88 Å². The van der Waals surface area contributed by atoms with Crippen LogP contribution >= 0.6 is 11.8 Å². The van der Waals surface area contributed by atoms with Crippen LogP contribution in [0.5, 0.6) is 0 Å². The highest BCUT2D eigenvalue weighted by atomic mass is 32.2. The third-order valence-corrected chi connectivity index (χ3v) is 6.30. The number of nitrogens with zero attached hydrogens (tertiary/aromatic N) is 5. The van der Waals surface area contributed by atoms with Crippen molar-refractivity contribution in [1.82, 2.24) is 24.1 Å². The van der Waals surface area contributed by atoms with Gasteiger partial charge in [0, 0.05) is 36.6 Å². The molecule has 3 aromatic heterocycles. The molecule has 1 amide bonds. The summed E-state index contributed by atoms with van der Waals surface area (Å²) < 4.78 is 3.38. The number of nitrogens with one attached hydrogen (secondary N) is 1. The van der Waals surface area contributed by atoms with Crippen LogP contribution in [-0.2, 0) is 18.3 Å². The van der Waals surface area contributed by atoms with E-state index in [1.165, 1.54) is 11.8 Å². The Morgan fingerprint density at radius 1 is 1.09 bits per heavy atom. The topological polar surface area (TPSA) is 94.2 Å². The molecule has 0 aliphatic heterocycles. The Hall–Kier alpha value is -3.46. The van der Waals surface area contributed by atoms with Gasteiger partial charge in [0.05, 0.1) is 5.75 Å². The summed E-state index contributed by atoms with van der Waals surface area (Å²) in [7, 11) is 1.83. The molecule has 1 N–H and O–H groups in total.